The summed E-state index contributed by atoms with van der Waals surface area (Å²) >= 11 is 5.29. The van der Waals surface area contributed by atoms with Gasteiger partial charge in [-0.25, -0.2) is 14.1 Å². The van der Waals surface area contributed by atoms with Gasteiger partial charge < -0.3 is 0 Å². The van der Waals surface area contributed by atoms with Crippen molar-refractivity contribution in [2.45, 2.75) is 0 Å². The molecule has 8 heteroatoms. The normalized spacial score (nSPS) is 11.2. The predicted molar refractivity (Wildman–Crippen MR) is 82.5 cm³/mol. The zero-order valence-electron chi connectivity index (χ0n) is 11.6. The van der Waals surface area contributed by atoms with Crippen LogP contribution >= 0.6 is 12.2 Å². The smallest absolute Gasteiger partial charge is 0.219 e. The van der Waals surface area contributed by atoms with Crippen LogP contribution in [-0.2, 0) is 7.05 Å². The number of rotatable bonds is 3. The second-order valence-electron chi connectivity index (χ2n) is 4.43. The Balaban J connectivity index is 2.03. The van der Waals surface area contributed by atoms with Crippen molar-refractivity contribution in [1.82, 2.24) is 24.4 Å². The van der Waals surface area contributed by atoms with E-state index in [-0.39, 0.29) is 5.82 Å². The number of hydrogen-bond donors (Lipinski definition) is 0. The molecule has 6 nitrogen and oxygen atoms in total. The highest BCUT2D eigenvalue weighted by Gasteiger charge is 2.11. The molecule has 0 saturated carbocycles. The number of benzene rings is 1. The fraction of sp³-hybridized carbons (Fsp3) is 0.0714. The summed E-state index contributed by atoms with van der Waals surface area (Å²) in [5.41, 5.74) is 1.31. The molecule has 0 atom stereocenters. The van der Waals surface area contributed by atoms with Crippen LogP contribution in [0.2, 0.25) is 0 Å². The summed E-state index contributed by atoms with van der Waals surface area (Å²) in [6.45, 7) is 0. The maximum absolute atomic E-state index is 12.9. The van der Waals surface area contributed by atoms with Crippen molar-refractivity contribution in [3.63, 3.8) is 0 Å². The van der Waals surface area contributed by atoms with E-state index in [1.54, 1.807) is 44.0 Å². The lowest BCUT2D eigenvalue weighted by Gasteiger charge is -1.99. The number of aromatic nitrogens is 5. The van der Waals surface area contributed by atoms with Crippen LogP contribution in [0, 0.1) is 10.6 Å². The molecule has 22 heavy (non-hydrogen) atoms. The number of nitrogens with zero attached hydrogens (tertiary/aromatic N) is 6. The van der Waals surface area contributed by atoms with E-state index < -0.39 is 0 Å². The Labute approximate surface area is 130 Å². The quantitative estimate of drug-likeness (QED) is 0.550. The molecule has 0 fully saturated rings. The summed E-state index contributed by atoms with van der Waals surface area (Å²) in [5, 5.41) is 8.62. The minimum absolute atomic E-state index is 0.296. The molecule has 0 unspecified atom stereocenters. The molecule has 0 amide bonds. The molecule has 2 aromatic heterocycles. The molecule has 0 aliphatic carbocycles. The van der Waals surface area contributed by atoms with Gasteiger partial charge in [0, 0.05) is 19.4 Å². The molecule has 0 aliphatic rings. The van der Waals surface area contributed by atoms with Crippen molar-refractivity contribution in [3.05, 3.63) is 59.0 Å². The second-order valence-corrected chi connectivity index (χ2v) is 4.79. The third kappa shape index (κ3) is 2.82. The van der Waals surface area contributed by atoms with Gasteiger partial charge in [-0.15, -0.1) is 5.10 Å². The summed E-state index contributed by atoms with van der Waals surface area (Å²) in [6, 6.07) is 5.99. The van der Waals surface area contributed by atoms with Gasteiger partial charge in [0.25, 0.3) is 0 Å². The van der Waals surface area contributed by atoms with E-state index in [9.17, 15) is 4.39 Å². The molecule has 0 spiro atoms. The fourth-order valence-corrected chi connectivity index (χ4v) is 1.98. The molecule has 0 N–H and O–H groups in total. The van der Waals surface area contributed by atoms with Crippen molar-refractivity contribution in [3.8, 4) is 11.5 Å². The zero-order valence-corrected chi connectivity index (χ0v) is 12.4. The van der Waals surface area contributed by atoms with Gasteiger partial charge in [0.05, 0.1) is 12.4 Å². The molecule has 0 radical (unpaired) electrons. The Morgan fingerprint density at radius 3 is 2.68 bits per heavy atom. The zero-order chi connectivity index (χ0) is 15.5. The summed E-state index contributed by atoms with van der Waals surface area (Å²) in [6.07, 6.45) is 6.31. The SMILES string of the molecule is Cn1nc(-c2cnccn2)n(/N=C/c2ccc(F)cc2)c1=S. The first kappa shape index (κ1) is 14.2. The molecular weight excluding hydrogens is 303 g/mol. The van der Waals surface area contributed by atoms with Crippen LogP contribution in [0.25, 0.3) is 11.5 Å². The first-order chi connectivity index (χ1) is 10.6. The average Bonchev–Trinajstić information content (AvgIpc) is 2.83. The summed E-state index contributed by atoms with van der Waals surface area (Å²) in [4.78, 5) is 8.22. The summed E-state index contributed by atoms with van der Waals surface area (Å²) in [5.74, 6) is 0.189. The van der Waals surface area contributed by atoms with Crippen molar-refractivity contribution in [2.75, 3.05) is 0 Å². The van der Waals surface area contributed by atoms with E-state index in [0.29, 0.717) is 16.3 Å². The molecule has 0 bridgehead atoms. The maximum atomic E-state index is 12.9. The minimum Gasteiger partial charge on any atom is -0.261 e. The maximum Gasteiger partial charge on any atom is 0.219 e. The minimum atomic E-state index is -0.296. The van der Waals surface area contributed by atoms with Crippen molar-refractivity contribution < 1.29 is 4.39 Å². The number of aryl methyl sites for hydroxylation is 1. The van der Waals surface area contributed by atoms with Crippen LogP contribution in [0.5, 0.6) is 0 Å². The van der Waals surface area contributed by atoms with Crippen LogP contribution < -0.4 is 0 Å². The highest BCUT2D eigenvalue weighted by molar-refractivity contribution is 7.71. The van der Waals surface area contributed by atoms with Crippen LogP contribution in [0.4, 0.5) is 4.39 Å². The van der Waals surface area contributed by atoms with E-state index in [2.05, 4.69) is 20.2 Å². The lowest BCUT2D eigenvalue weighted by Crippen LogP contribution is -1.97. The average molecular weight is 314 g/mol. The van der Waals surface area contributed by atoms with Gasteiger partial charge in [-0.05, 0) is 29.9 Å². The van der Waals surface area contributed by atoms with Crippen molar-refractivity contribution >= 4 is 18.4 Å². The Kier molecular flexibility index (Phi) is 3.84. The Morgan fingerprint density at radius 2 is 2.00 bits per heavy atom. The topological polar surface area (TPSA) is 60.9 Å². The third-order valence-corrected chi connectivity index (χ3v) is 3.33. The van der Waals surface area contributed by atoms with E-state index in [1.807, 2.05) is 0 Å². The molecule has 0 aliphatic heterocycles. The van der Waals surface area contributed by atoms with E-state index >= 15 is 0 Å². The molecule has 3 rings (SSSR count). The second kappa shape index (κ2) is 5.94. The van der Waals surface area contributed by atoms with Crippen LogP contribution in [0.1, 0.15) is 5.56 Å². The summed E-state index contributed by atoms with van der Waals surface area (Å²) < 4.78 is 16.3. The van der Waals surface area contributed by atoms with Crippen LogP contribution in [0.3, 0.4) is 0 Å². The predicted octanol–water partition coefficient (Wildman–Crippen LogP) is 2.43. The van der Waals surface area contributed by atoms with Gasteiger partial charge in [-0.1, -0.05) is 12.1 Å². The number of halogens is 1. The van der Waals surface area contributed by atoms with Gasteiger partial charge >= 0.3 is 0 Å². The Hall–Kier alpha value is -2.74. The molecule has 3 aromatic rings. The van der Waals surface area contributed by atoms with Gasteiger partial charge in [0.15, 0.2) is 0 Å². The van der Waals surface area contributed by atoms with Crippen LogP contribution in [0.15, 0.2) is 48.0 Å². The van der Waals surface area contributed by atoms with E-state index in [1.165, 1.54) is 21.5 Å². The number of hydrogen-bond acceptors (Lipinski definition) is 5. The molecular formula is C14H11FN6S. The first-order valence-corrected chi connectivity index (χ1v) is 6.78. The Bertz CT molecular complexity index is 867. The molecule has 0 saturated heterocycles. The van der Waals surface area contributed by atoms with Crippen LogP contribution in [-0.4, -0.2) is 30.6 Å². The highest BCUT2D eigenvalue weighted by Crippen LogP contribution is 2.14. The van der Waals surface area contributed by atoms with Crippen molar-refractivity contribution in [2.24, 2.45) is 12.1 Å². The first-order valence-electron chi connectivity index (χ1n) is 6.37. The molecule has 110 valence electrons. The van der Waals surface area contributed by atoms with Gasteiger partial charge in [0.2, 0.25) is 10.6 Å². The molecule has 2 heterocycles. The van der Waals surface area contributed by atoms with Gasteiger partial charge in [0.1, 0.15) is 11.5 Å². The molecule has 1 aromatic carbocycles. The van der Waals surface area contributed by atoms with Gasteiger partial charge in [-0.3, -0.25) is 4.98 Å². The Morgan fingerprint density at radius 1 is 1.23 bits per heavy atom. The van der Waals surface area contributed by atoms with Crippen molar-refractivity contribution in [1.29, 1.82) is 0 Å². The van der Waals surface area contributed by atoms with E-state index in [0.717, 1.165) is 5.56 Å². The summed E-state index contributed by atoms with van der Waals surface area (Å²) in [7, 11) is 1.73. The highest BCUT2D eigenvalue weighted by atomic mass is 32.1. The standard InChI is InChI=1S/C14H11FN6S/c1-20-14(22)21(13(19-20)12-9-16-6-7-17-12)18-8-10-2-4-11(15)5-3-10/h2-9H,1H3/b18-8+. The van der Waals surface area contributed by atoms with Gasteiger partial charge in [-0.2, -0.15) is 9.78 Å². The largest absolute Gasteiger partial charge is 0.261 e. The monoisotopic (exact) mass is 314 g/mol. The fourth-order valence-electron chi connectivity index (χ4n) is 1.81. The lowest BCUT2D eigenvalue weighted by atomic mass is 10.2. The lowest BCUT2D eigenvalue weighted by molar-refractivity contribution is 0.628. The third-order valence-electron chi connectivity index (χ3n) is 2.89. The van der Waals surface area contributed by atoms with E-state index in [4.69, 9.17) is 12.2 Å².